The fourth-order valence-corrected chi connectivity index (χ4v) is 2.11. The highest BCUT2D eigenvalue weighted by Crippen LogP contribution is 2.26. The van der Waals surface area contributed by atoms with Crippen molar-refractivity contribution in [3.8, 4) is 10.4 Å². The van der Waals surface area contributed by atoms with Crippen molar-refractivity contribution in [2.75, 3.05) is 0 Å². The molecule has 0 saturated heterocycles. The Morgan fingerprint density at radius 2 is 1.79 bits per heavy atom. The van der Waals surface area contributed by atoms with Crippen LogP contribution in [0.25, 0.3) is 10.4 Å². The number of hydrogen-bond donors (Lipinski definition) is 0. The Morgan fingerprint density at radius 3 is 2.37 bits per heavy atom. The Kier molecular flexibility index (Phi) is 3.61. The normalized spacial score (nSPS) is 11.4. The zero-order chi connectivity index (χ0) is 14.0. The molecule has 2 aromatic rings. The van der Waals surface area contributed by atoms with Crippen LogP contribution in [0.4, 0.5) is 0 Å². The molecule has 2 aromatic heterocycles. The molecular formula is C13H15N3O2S. The molecule has 0 atom stereocenters. The molecular weight excluding hydrogens is 262 g/mol. The molecule has 0 radical (unpaired) electrons. The first kappa shape index (κ1) is 13.6. The minimum atomic E-state index is -0.518. The highest BCUT2D eigenvalue weighted by molar-refractivity contribution is 7.16. The van der Waals surface area contributed by atoms with E-state index in [0.29, 0.717) is 10.8 Å². The van der Waals surface area contributed by atoms with Crippen LogP contribution in [0.15, 0.2) is 18.6 Å². The Bertz CT molecular complexity index is 585. The smallest absolute Gasteiger partial charge is 0.367 e. The van der Waals surface area contributed by atoms with Gasteiger partial charge in [0.05, 0.1) is 4.88 Å². The minimum Gasteiger partial charge on any atom is -0.455 e. The molecule has 0 bridgehead atoms. The van der Waals surface area contributed by atoms with Gasteiger partial charge in [-0.3, -0.25) is 0 Å². The Labute approximate surface area is 115 Å². The van der Waals surface area contributed by atoms with Crippen LogP contribution in [0.2, 0.25) is 0 Å². The Hall–Kier alpha value is -1.82. The number of rotatable bonds is 2. The number of thiazole rings is 1. The maximum atomic E-state index is 11.9. The van der Waals surface area contributed by atoms with E-state index in [1.807, 2.05) is 27.7 Å². The summed E-state index contributed by atoms with van der Waals surface area (Å²) in [4.78, 5) is 25.0. The number of nitrogens with zero attached hydrogens (tertiary/aromatic N) is 3. The lowest BCUT2D eigenvalue weighted by atomic mass is 10.2. The summed E-state index contributed by atoms with van der Waals surface area (Å²) in [7, 11) is 0. The first-order valence-corrected chi connectivity index (χ1v) is 6.65. The van der Waals surface area contributed by atoms with Gasteiger partial charge in [0.2, 0.25) is 5.01 Å². The lowest BCUT2D eigenvalue weighted by Crippen LogP contribution is -2.23. The van der Waals surface area contributed by atoms with Gasteiger partial charge in [-0.05, 0) is 27.7 Å². The molecule has 0 unspecified atom stereocenters. The van der Waals surface area contributed by atoms with Gasteiger partial charge in [-0.25, -0.2) is 19.7 Å². The summed E-state index contributed by atoms with van der Waals surface area (Å²) in [6.45, 7) is 7.30. The maximum absolute atomic E-state index is 11.9. The second-order valence-electron chi connectivity index (χ2n) is 5.05. The van der Waals surface area contributed by atoms with Crippen molar-refractivity contribution in [1.29, 1.82) is 0 Å². The van der Waals surface area contributed by atoms with Crippen molar-refractivity contribution in [2.45, 2.75) is 33.3 Å². The predicted molar refractivity (Wildman–Crippen MR) is 73.0 cm³/mol. The van der Waals surface area contributed by atoms with E-state index in [4.69, 9.17) is 4.74 Å². The van der Waals surface area contributed by atoms with Gasteiger partial charge in [0, 0.05) is 24.2 Å². The van der Waals surface area contributed by atoms with E-state index in [2.05, 4.69) is 15.0 Å². The molecule has 0 N–H and O–H groups in total. The van der Waals surface area contributed by atoms with Crippen molar-refractivity contribution >= 4 is 17.3 Å². The van der Waals surface area contributed by atoms with Gasteiger partial charge in [0.15, 0.2) is 0 Å². The first-order chi connectivity index (χ1) is 8.85. The van der Waals surface area contributed by atoms with Gasteiger partial charge >= 0.3 is 5.97 Å². The molecule has 0 aliphatic rings. The molecule has 2 heterocycles. The van der Waals surface area contributed by atoms with Gasteiger partial charge < -0.3 is 4.74 Å². The molecule has 5 nitrogen and oxygen atoms in total. The van der Waals surface area contributed by atoms with Gasteiger partial charge in [-0.2, -0.15) is 0 Å². The summed E-state index contributed by atoms with van der Waals surface area (Å²) in [5.41, 5.74) is 0.327. The van der Waals surface area contributed by atoms with Crippen LogP contribution >= 0.6 is 11.3 Å². The number of hydrogen-bond acceptors (Lipinski definition) is 6. The van der Waals surface area contributed by atoms with Crippen molar-refractivity contribution in [3.05, 3.63) is 29.4 Å². The molecule has 0 saturated carbocycles. The van der Waals surface area contributed by atoms with Crippen LogP contribution in [0.1, 0.15) is 36.4 Å². The predicted octanol–water partition coefficient (Wildman–Crippen LogP) is 2.86. The van der Waals surface area contributed by atoms with Gasteiger partial charge in [0.25, 0.3) is 0 Å². The summed E-state index contributed by atoms with van der Waals surface area (Å²) in [5, 5.41) is 0.338. The highest BCUT2D eigenvalue weighted by Gasteiger charge is 2.20. The lowest BCUT2D eigenvalue weighted by molar-refractivity contribution is 0.00692. The summed E-state index contributed by atoms with van der Waals surface area (Å²) >= 11 is 1.27. The summed E-state index contributed by atoms with van der Waals surface area (Å²) in [5.74, 6) is 0.303. The zero-order valence-corrected chi connectivity index (χ0v) is 12.1. The van der Waals surface area contributed by atoms with E-state index in [9.17, 15) is 4.79 Å². The van der Waals surface area contributed by atoms with E-state index in [-0.39, 0.29) is 0 Å². The summed E-state index contributed by atoms with van der Waals surface area (Å²) in [6, 6.07) is 0. The van der Waals surface area contributed by atoms with Crippen LogP contribution in [0.5, 0.6) is 0 Å². The number of aryl methyl sites for hydroxylation is 1. The van der Waals surface area contributed by atoms with E-state index >= 15 is 0 Å². The molecule has 0 aliphatic heterocycles. The average molecular weight is 277 g/mol. The molecule has 6 heteroatoms. The molecule has 19 heavy (non-hydrogen) atoms. The molecule has 2 rings (SSSR count). The van der Waals surface area contributed by atoms with Crippen LogP contribution < -0.4 is 0 Å². The monoisotopic (exact) mass is 277 g/mol. The van der Waals surface area contributed by atoms with E-state index < -0.39 is 11.6 Å². The molecule has 0 spiro atoms. The number of carbonyl (C=O) groups excluding carboxylic acids is 1. The highest BCUT2D eigenvalue weighted by atomic mass is 32.1. The third kappa shape index (κ3) is 3.57. The standard InChI is InChI=1S/C13H15N3O2S/c1-8-14-5-9(6-15-8)10-7-16-11(19-10)12(17)18-13(2,3)4/h5-7H,1-4H3. The van der Waals surface area contributed by atoms with Gasteiger partial charge in [-0.15, -0.1) is 11.3 Å². The van der Waals surface area contributed by atoms with E-state index in [0.717, 1.165) is 10.4 Å². The zero-order valence-electron chi connectivity index (χ0n) is 11.3. The van der Waals surface area contributed by atoms with Crippen molar-refractivity contribution in [2.24, 2.45) is 0 Å². The molecule has 0 aromatic carbocycles. The number of aromatic nitrogens is 3. The molecule has 100 valence electrons. The van der Waals surface area contributed by atoms with Gasteiger partial charge in [-0.1, -0.05) is 0 Å². The lowest BCUT2D eigenvalue weighted by Gasteiger charge is -2.18. The SMILES string of the molecule is Cc1ncc(-c2cnc(C(=O)OC(C)(C)C)s2)cn1. The Morgan fingerprint density at radius 1 is 1.16 bits per heavy atom. The van der Waals surface area contributed by atoms with Crippen molar-refractivity contribution in [1.82, 2.24) is 15.0 Å². The fraction of sp³-hybridized carbons (Fsp3) is 0.385. The second kappa shape index (κ2) is 5.05. The fourth-order valence-electron chi connectivity index (χ4n) is 1.34. The summed E-state index contributed by atoms with van der Waals surface area (Å²) in [6.07, 6.45) is 5.07. The van der Waals surface area contributed by atoms with E-state index in [1.165, 1.54) is 11.3 Å². The van der Waals surface area contributed by atoms with Crippen LogP contribution in [-0.4, -0.2) is 26.5 Å². The Balaban J connectivity index is 2.19. The topological polar surface area (TPSA) is 65.0 Å². The van der Waals surface area contributed by atoms with Crippen LogP contribution in [0.3, 0.4) is 0 Å². The number of esters is 1. The molecule has 0 amide bonds. The quantitative estimate of drug-likeness (QED) is 0.790. The minimum absolute atomic E-state index is 0.338. The third-order valence-corrected chi connectivity index (χ3v) is 3.17. The van der Waals surface area contributed by atoms with Gasteiger partial charge in [0.1, 0.15) is 11.4 Å². The average Bonchev–Trinajstić information content (AvgIpc) is 2.77. The first-order valence-electron chi connectivity index (χ1n) is 5.83. The summed E-state index contributed by atoms with van der Waals surface area (Å²) < 4.78 is 5.27. The largest absolute Gasteiger partial charge is 0.455 e. The maximum Gasteiger partial charge on any atom is 0.367 e. The number of carbonyl (C=O) groups is 1. The number of ether oxygens (including phenoxy) is 1. The third-order valence-electron chi connectivity index (χ3n) is 2.14. The van der Waals surface area contributed by atoms with Crippen LogP contribution in [0, 0.1) is 6.92 Å². The second-order valence-corrected chi connectivity index (χ2v) is 6.08. The van der Waals surface area contributed by atoms with Crippen LogP contribution in [-0.2, 0) is 4.74 Å². The van der Waals surface area contributed by atoms with E-state index in [1.54, 1.807) is 18.6 Å². The van der Waals surface area contributed by atoms with Crippen molar-refractivity contribution in [3.63, 3.8) is 0 Å². The van der Waals surface area contributed by atoms with Crippen molar-refractivity contribution < 1.29 is 9.53 Å². The molecule has 0 fully saturated rings. The molecule has 0 aliphatic carbocycles.